The van der Waals surface area contributed by atoms with Gasteiger partial charge in [-0.2, -0.15) is 0 Å². The van der Waals surface area contributed by atoms with Crippen LogP contribution in [0.3, 0.4) is 0 Å². The summed E-state index contributed by atoms with van der Waals surface area (Å²) in [5, 5.41) is 6.11. The number of benzene rings is 1. The quantitative estimate of drug-likeness (QED) is 0.878. The maximum absolute atomic E-state index is 12.2. The van der Waals surface area contributed by atoms with Crippen molar-refractivity contribution in [2.45, 2.75) is 6.17 Å². The number of nitrogens with zero attached hydrogens (tertiary/aromatic N) is 1. The number of anilines is 1. The molecule has 2 aromatic rings. The van der Waals surface area contributed by atoms with Gasteiger partial charge in [0.15, 0.2) is 11.5 Å². The van der Waals surface area contributed by atoms with Crippen molar-refractivity contribution in [2.24, 2.45) is 0 Å². The summed E-state index contributed by atoms with van der Waals surface area (Å²) in [6.45, 7) is 0.965. The normalized spacial score (nSPS) is 18.5. The lowest BCUT2D eigenvalue weighted by atomic mass is 10.1. The van der Waals surface area contributed by atoms with Crippen molar-refractivity contribution < 1.29 is 19.0 Å². The van der Waals surface area contributed by atoms with Crippen LogP contribution < -0.4 is 24.8 Å². The van der Waals surface area contributed by atoms with Crippen LogP contribution in [0.5, 0.6) is 17.2 Å². The largest absolute Gasteiger partial charge is 0.493 e. The molecule has 7 heteroatoms. The zero-order valence-electron chi connectivity index (χ0n) is 12.5. The van der Waals surface area contributed by atoms with Gasteiger partial charge in [-0.1, -0.05) is 0 Å². The average Bonchev–Trinajstić information content (AvgIpc) is 2.60. The number of carbonyl (C=O) groups excluding carboxylic acids is 1. The first-order valence-electron chi connectivity index (χ1n) is 7.26. The predicted octanol–water partition coefficient (Wildman–Crippen LogP) is 1.72. The van der Waals surface area contributed by atoms with Crippen LogP contribution in [0.4, 0.5) is 5.82 Å². The molecule has 3 heterocycles. The van der Waals surface area contributed by atoms with Gasteiger partial charge in [0.2, 0.25) is 5.75 Å². The molecular weight excluding hydrogens is 298 g/mol. The molecule has 0 aliphatic carbocycles. The fourth-order valence-corrected chi connectivity index (χ4v) is 2.71. The second-order valence-corrected chi connectivity index (χ2v) is 5.20. The van der Waals surface area contributed by atoms with E-state index in [9.17, 15) is 4.79 Å². The molecule has 1 unspecified atom stereocenters. The third-order valence-corrected chi connectivity index (χ3v) is 3.79. The van der Waals surface area contributed by atoms with E-state index >= 15 is 0 Å². The van der Waals surface area contributed by atoms with E-state index in [0.29, 0.717) is 41.8 Å². The van der Waals surface area contributed by atoms with Crippen LogP contribution in [0.1, 0.15) is 22.1 Å². The molecule has 0 radical (unpaired) electrons. The molecule has 4 rings (SSSR count). The second-order valence-electron chi connectivity index (χ2n) is 5.20. The summed E-state index contributed by atoms with van der Waals surface area (Å²) >= 11 is 0. The van der Waals surface area contributed by atoms with Crippen LogP contribution >= 0.6 is 0 Å². The maximum Gasteiger partial charge on any atom is 0.256 e. The lowest BCUT2D eigenvalue weighted by molar-refractivity contribution is 0.0934. The summed E-state index contributed by atoms with van der Waals surface area (Å²) in [4.78, 5) is 16.5. The lowest BCUT2D eigenvalue weighted by Gasteiger charge is -2.29. The van der Waals surface area contributed by atoms with E-state index in [-0.39, 0.29) is 5.91 Å². The Bertz CT molecular complexity index is 761. The molecule has 1 aromatic carbocycles. The van der Waals surface area contributed by atoms with Crippen molar-refractivity contribution in [1.29, 1.82) is 0 Å². The van der Waals surface area contributed by atoms with Crippen LogP contribution in [0, 0.1) is 0 Å². The summed E-state index contributed by atoms with van der Waals surface area (Å²) in [7, 11) is 1.57. The Kier molecular flexibility index (Phi) is 3.18. The number of amides is 1. The molecule has 2 N–H and O–H groups in total. The van der Waals surface area contributed by atoms with Gasteiger partial charge < -0.3 is 24.8 Å². The Labute approximate surface area is 132 Å². The predicted molar refractivity (Wildman–Crippen MR) is 82.1 cm³/mol. The lowest BCUT2D eigenvalue weighted by Crippen LogP contribution is -2.38. The Morgan fingerprint density at radius 2 is 2.13 bits per heavy atom. The average molecular weight is 313 g/mol. The molecule has 23 heavy (non-hydrogen) atoms. The van der Waals surface area contributed by atoms with Crippen LogP contribution in [0.15, 0.2) is 30.5 Å². The van der Waals surface area contributed by atoms with Crippen LogP contribution in [0.2, 0.25) is 0 Å². The number of pyridine rings is 1. The summed E-state index contributed by atoms with van der Waals surface area (Å²) < 4.78 is 16.6. The van der Waals surface area contributed by atoms with Crippen LogP contribution in [-0.2, 0) is 0 Å². The number of rotatable bonds is 2. The molecule has 0 saturated carbocycles. The van der Waals surface area contributed by atoms with Crippen molar-refractivity contribution in [3.8, 4) is 17.2 Å². The first kappa shape index (κ1) is 13.7. The summed E-state index contributed by atoms with van der Waals surface area (Å²) in [6.07, 6.45) is 1.22. The van der Waals surface area contributed by atoms with Crippen molar-refractivity contribution >= 4 is 11.7 Å². The molecule has 7 nitrogen and oxygen atoms in total. The van der Waals surface area contributed by atoms with Gasteiger partial charge in [-0.25, -0.2) is 4.98 Å². The fraction of sp³-hybridized carbons (Fsp3) is 0.250. The van der Waals surface area contributed by atoms with Gasteiger partial charge in [0.1, 0.15) is 25.2 Å². The zero-order valence-corrected chi connectivity index (χ0v) is 12.5. The van der Waals surface area contributed by atoms with Crippen molar-refractivity contribution in [1.82, 2.24) is 10.3 Å². The minimum absolute atomic E-state index is 0.175. The van der Waals surface area contributed by atoms with Crippen molar-refractivity contribution in [3.05, 3.63) is 41.6 Å². The van der Waals surface area contributed by atoms with E-state index in [1.54, 1.807) is 25.4 Å². The molecular formula is C16H15N3O4. The number of aromatic nitrogens is 1. The zero-order chi connectivity index (χ0) is 15.8. The summed E-state index contributed by atoms with van der Waals surface area (Å²) in [5.74, 6) is 2.14. The number of fused-ring (bicyclic) bond motifs is 2. The van der Waals surface area contributed by atoms with E-state index in [2.05, 4.69) is 15.6 Å². The number of hydrogen-bond donors (Lipinski definition) is 2. The first-order chi connectivity index (χ1) is 11.3. The minimum atomic E-state index is -0.422. The van der Waals surface area contributed by atoms with Crippen LogP contribution in [-0.4, -0.2) is 31.2 Å². The van der Waals surface area contributed by atoms with E-state index in [1.807, 2.05) is 12.1 Å². The Balaban J connectivity index is 1.73. The third kappa shape index (κ3) is 2.30. The summed E-state index contributed by atoms with van der Waals surface area (Å²) in [6, 6.07) is 7.11. The van der Waals surface area contributed by atoms with Crippen molar-refractivity contribution in [2.75, 3.05) is 25.6 Å². The first-order valence-corrected chi connectivity index (χ1v) is 7.26. The molecule has 118 valence electrons. The van der Waals surface area contributed by atoms with Gasteiger partial charge in [0, 0.05) is 11.8 Å². The smallest absolute Gasteiger partial charge is 0.256 e. The molecule has 1 amide bonds. The van der Waals surface area contributed by atoms with Gasteiger partial charge in [-0.3, -0.25) is 4.79 Å². The van der Waals surface area contributed by atoms with Gasteiger partial charge in [0.05, 0.1) is 12.7 Å². The van der Waals surface area contributed by atoms with Gasteiger partial charge in [-0.05, 0) is 24.3 Å². The molecule has 0 saturated heterocycles. The fourth-order valence-electron chi connectivity index (χ4n) is 2.71. The molecule has 1 aromatic heterocycles. The highest BCUT2D eigenvalue weighted by molar-refractivity contribution is 6.00. The highest BCUT2D eigenvalue weighted by Crippen LogP contribution is 2.42. The van der Waals surface area contributed by atoms with E-state index in [4.69, 9.17) is 14.2 Å². The molecule has 0 bridgehead atoms. The molecule has 0 fully saturated rings. The Hall–Kier alpha value is -2.96. The Morgan fingerprint density at radius 3 is 3.00 bits per heavy atom. The number of methoxy groups -OCH3 is 1. The highest BCUT2D eigenvalue weighted by atomic mass is 16.6. The molecule has 0 spiro atoms. The SMILES string of the molecule is COc1cc(C2NC(=O)c3cccnc3N2)cc2c1OCCO2. The monoisotopic (exact) mass is 313 g/mol. The van der Waals surface area contributed by atoms with Gasteiger partial charge in [-0.15, -0.1) is 0 Å². The van der Waals surface area contributed by atoms with Gasteiger partial charge in [0.25, 0.3) is 5.91 Å². The third-order valence-electron chi connectivity index (χ3n) is 3.79. The molecule has 1 atom stereocenters. The summed E-state index contributed by atoms with van der Waals surface area (Å²) in [5.41, 5.74) is 1.32. The van der Waals surface area contributed by atoms with E-state index < -0.39 is 6.17 Å². The van der Waals surface area contributed by atoms with Crippen molar-refractivity contribution in [3.63, 3.8) is 0 Å². The van der Waals surface area contributed by atoms with E-state index in [1.165, 1.54) is 0 Å². The Morgan fingerprint density at radius 1 is 1.26 bits per heavy atom. The molecule has 2 aliphatic rings. The minimum Gasteiger partial charge on any atom is -0.493 e. The number of ether oxygens (including phenoxy) is 3. The second kappa shape index (κ2) is 5.35. The van der Waals surface area contributed by atoms with E-state index in [0.717, 1.165) is 5.56 Å². The number of nitrogens with one attached hydrogen (secondary N) is 2. The number of hydrogen-bond acceptors (Lipinski definition) is 6. The van der Waals surface area contributed by atoms with Gasteiger partial charge >= 0.3 is 0 Å². The topological polar surface area (TPSA) is 81.7 Å². The maximum atomic E-state index is 12.2. The molecule has 2 aliphatic heterocycles. The van der Waals surface area contributed by atoms with Crippen LogP contribution in [0.25, 0.3) is 0 Å². The highest BCUT2D eigenvalue weighted by Gasteiger charge is 2.28. The number of carbonyl (C=O) groups is 1. The standard InChI is InChI=1S/C16H15N3O4/c1-21-11-7-9(8-12-13(11)23-6-5-22-12)14-18-15-10(16(20)19-14)3-2-4-17-15/h2-4,7-8,14H,5-6H2,1H3,(H,17,18)(H,19,20).